The summed E-state index contributed by atoms with van der Waals surface area (Å²) in [6.07, 6.45) is 2.76. The van der Waals surface area contributed by atoms with E-state index >= 15 is 0 Å². The van der Waals surface area contributed by atoms with Crippen molar-refractivity contribution in [3.05, 3.63) is 41.1 Å². The molecule has 1 aromatic carbocycles. The minimum atomic E-state index is -0.545. The second-order valence-corrected chi connectivity index (χ2v) is 7.87. The van der Waals surface area contributed by atoms with Crippen molar-refractivity contribution >= 4 is 12.0 Å². The summed E-state index contributed by atoms with van der Waals surface area (Å²) in [7, 11) is 0. The molecule has 2 amide bonds. The predicted molar refractivity (Wildman–Crippen MR) is 107 cm³/mol. The van der Waals surface area contributed by atoms with Crippen molar-refractivity contribution in [2.24, 2.45) is 11.8 Å². The molecule has 152 valence electrons. The lowest BCUT2D eigenvalue weighted by Gasteiger charge is -2.33. The minimum Gasteiger partial charge on any atom is -0.494 e. The largest absolute Gasteiger partial charge is 0.494 e. The lowest BCUT2D eigenvalue weighted by molar-refractivity contribution is -0.147. The Morgan fingerprint density at radius 2 is 1.86 bits per heavy atom. The third kappa shape index (κ3) is 4.49. The summed E-state index contributed by atoms with van der Waals surface area (Å²) in [5.74, 6) is 1.58. The first kappa shape index (κ1) is 20.2. The highest BCUT2D eigenvalue weighted by molar-refractivity contribution is 5.95. The first-order valence-corrected chi connectivity index (χ1v) is 10.1. The number of benzene rings is 1. The van der Waals surface area contributed by atoms with Crippen LogP contribution in [0.1, 0.15) is 58.6 Å². The van der Waals surface area contributed by atoms with Crippen LogP contribution in [0.2, 0.25) is 0 Å². The van der Waals surface area contributed by atoms with Gasteiger partial charge in [0.25, 0.3) is 0 Å². The Hall–Kier alpha value is -2.50. The quantitative estimate of drug-likeness (QED) is 0.748. The topological polar surface area (TPSA) is 76.7 Å². The van der Waals surface area contributed by atoms with Crippen LogP contribution in [0.4, 0.5) is 4.79 Å². The fourth-order valence-corrected chi connectivity index (χ4v) is 3.96. The number of amides is 2. The summed E-state index contributed by atoms with van der Waals surface area (Å²) in [5.41, 5.74) is 1.80. The number of urea groups is 1. The first-order chi connectivity index (χ1) is 13.4. The molecule has 4 atom stereocenters. The molecule has 1 heterocycles. The number of hydrogen-bond donors (Lipinski definition) is 2. The molecule has 6 heteroatoms. The van der Waals surface area contributed by atoms with Gasteiger partial charge in [-0.2, -0.15) is 0 Å². The fraction of sp³-hybridized carbons (Fsp3) is 0.545. The van der Waals surface area contributed by atoms with Crippen LogP contribution >= 0.6 is 0 Å². The zero-order valence-electron chi connectivity index (χ0n) is 17.1. The summed E-state index contributed by atoms with van der Waals surface area (Å²) in [6.45, 7) is 8.70. The number of allylic oxidation sites excluding steroid dienone is 1. The van der Waals surface area contributed by atoms with Crippen LogP contribution in [0.25, 0.3) is 0 Å². The van der Waals surface area contributed by atoms with Crippen molar-refractivity contribution < 1.29 is 19.1 Å². The van der Waals surface area contributed by atoms with Crippen LogP contribution in [0, 0.1) is 11.8 Å². The second-order valence-electron chi connectivity index (χ2n) is 7.87. The summed E-state index contributed by atoms with van der Waals surface area (Å²) < 4.78 is 11.3. The average molecular weight is 386 g/mol. The van der Waals surface area contributed by atoms with Crippen molar-refractivity contribution in [1.82, 2.24) is 10.6 Å². The van der Waals surface area contributed by atoms with Gasteiger partial charge in [0.05, 0.1) is 18.2 Å². The molecule has 1 fully saturated rings. The van der Waals surface area contributed by atoms with E-state index in [1.807, 2.05) is 31.2 Å². The molecule has 1 saturated carbocycles. The van der Waals surface area contributed by atoms with Gasteiger partial charge in [0.15, 0.2) is 0 Å². The van der Waals surface area contributed by atoms with Gasteiger partial charge in [-0.1, -0.05) is 26.0 Å². The number of hydrogen-bond acceptors (Lipinski definition) is 4. The normalized spacial score (nSPS) is 27.6. The Morgan fingerprint density at radius 3 is 2.50 bits per heavy atom. The van der Waals surface area contributed by atoms with E-state index in [0.29, 0.717) is 29.7 Å². The standard InChI is InChI=1S/C22H30N2O4/c1-5-27-17-10-7-16(8-11-17)20-19(15(4)23-22(26)24-20)21(25)28-18-9-6-13(2)14(3)12-18/h7-8,10-11,13-14,18,20H,5-6,9,12H2,1-4H3,(H2,23,24,26)/t13-,14+,18+,20-/m0/s1. The summed E-state index contributed by atoms with van der Waals surface area (Å²) >= 11 is 0. The molecule has 3 rings (SSSR count). The molecular formula is C22H30N2O4. The third-order valence-electron chi connectivity index (χ3n) is 5.84. The van der Waals surface area contributed by atoms with E-state index in [2.05, 4.69) is 24.5 Å². The minimum absolute atomic E-state index is 0.0717. The van der Waals surface area contributed by atoms with Gasteiger partial charge in [0.1, 0.15) is 11.9 Å². The molecule has 2 aliphatic rings. The Labute approximate surface area is 166 Å². The molecule has 0 unspecified atom stereocenters. The van der Waals surface area contributed by atoms with E-state index in [1.54, 1.807) is 6.92 Å². The highest BCUT2D eigenvalue weighted by Gasteiger charge is 2.34. The van der Waals surface area contributed by atoms with Crippen molar-refractivity contribution in [1.29, 1.82) is 0 Å². The molecular weight excluding hydrogens is 356 g/mol. The van der Waals surface area contributed by atoms with Crippen molar-refractivity contribution in [2.45, 2.75) is 59.1 Å². The molecule has 0 aromatic heterocycles. The summed E-state index contributed by atoms with van der Waals surface area (Å²) in [6, 6.07) is 6.55. The maximum absolute atomic E-state index is 13.0. The van der Waals surface area contributed by atoms with Gasteiger partial charge < -0.3 is 20.1 Å². The average Bonchev–Trinajstić information content (AvgIpc) is 2.65. The van der Waals surface area contributed by atoms with Gasteiger partial charge in [-0.05, 0) is 62.6 Å². The number of nitrogens with one attached hydrogen (secondary N) is 2. The SMILES string of the molecule is CCOc1ccc([C@@H]2NC(=O)NC(C)=C2C(=O)O[C@@H]2CC[C@H](C)[C@H](C)C2)cc1. The van der Waals surface area contributed by atoms with Crippen molar-refractivity contribution in [3.8, 4) is 5.75 Å². The van der Waals surface area contributed by atoms with Gasteiger partial charge in [0.2, 0.25) is 0 Å². The maximum atomic E-state index is 13.0. The van der Waals surface area contributed by atoms with E-state index in [1.165, 1.54) is 0 Å². The van der Waals surface area contributed by atoms with Crippen LogP contribution in [0.5, 0.6) is 5.75 Å². The monoisotopic (exact) mass is 386 g/mol. The fourth-order valence-electron chi connectivity index (χ4n) is 3.96. The Kier molecular flexibility index (Phi) is 6.27. The number of carbonyl (C=O) groups excluding carboxylic acids is 2. The van der Waals surface area contributed by atoms with Crippen LogP contribution in [0.3, 0.4) is 0 Å². The molecule has 28 heavy (non-hydrogen) atoms. The second kappa shape index (κ2) is 8.67. The van der Waals surface area contributed by atoms with Crippen LogP contribution in [-0.4, -0.2) is 24.7 Å². The Balaban J connectivity index is 1.80. The Morgan fingerprint density at radius 1 is 1.14 bits per heavy atom. The zero-order chi connectivity index (χ0) is 20.3. The van der Waals surface area contributed by atoms with E-state index in [-0.39, 0.29) is 18.1 Å². The number of rotatable bonds is 5. The Bertz CT molecular complexity index is 756. The third-order valence-corrected chi connectivity index (χ3v) is 5.84. The smallest absolute Gasteiger partial charge is 0.338 e. The molecule has 6 nitrogen and oxygen atoms in total. The van der Waals surface area contributed by atoms with Crippen LogP contribution < -0.4 is 15.4 Å². The van der Waals surface area contributed by atoms with Crippen molar-refractivity contribution in [3.63, 3.8) is 0 Å². The predicted octanol–water partition coefficient (Wildman–Crippen LogP) is 4.08. The van der Waals surface area contributed by atoms with E-state index < -0.39 is 6.04 Å². The molecule has 1 aromatic rings. The van der Waals surface area contributed by atoms with Gasteiger partial charge in [-0.15, -0.1) is 0 Å². The number of ether oxygens (including phenoxy) is 2. The first-order valence-electron chi connectivity index (χ1n) is 10.1. The highest BCUT2D eigenvalue weighted by atomic mass is 16.5. The van der Waals surface area contributed by atoms with Crippen LogP contribution in [-0.2, 0) is 9.53 Å². The zero-order valence-corrected chi connectivity index (χ0v) is 17.1. The number of esters is 1. The summed E-state index contributed by atoms with van der Waals surface area (Å²) in [4.78, 5) is 25.1. The molecule has 0 saturated heterocycles. The van der Waals surface area contributed by atoms with E-state index in [9.17, 15) is 9.59 Å². The van der Waals surface area contributed by atoms with Gasteiger partial charge >= 0.3 is 12.0 Å². The highest BCUT2D eigenvalue weighted by Crippen LogP contribution is 2.33. The molecule has 1 aliphatic carbocycles. The lowest BCUT2D eigenvalue weighted by atomic mass is 9.80. The van der Waals surface area contributed by atoms with Gasteiger partial charge in [0, 0.05) is 5.70 Å². The maximum Gasteiger partial charge on any atom is 0.338 e. The molecule has 2 N–H and O–H groups in total. The van der Waals surface area contributed by atoms with Crippen molar-refractivity contribution in [2.75, 3.05) is 6.61 Å². The molecule has 0 radical (unpaired) electrons. The molecule has 0 spiro atoms. The lowest BCUT2D eigenvalue weighted by Crippen LogP contribution is -2.45. The molecule has 0 bridgehead atoms. The number of carbonyl (C=O) groups is 2. The van der Waals surface area contributed by atoms with Gasteiger partial charge in [-0.25, -0.2) is 9.59 Å². The van der Waals surface area contributed by atoms with Gasteiger partial charge in [-0.3, -0.25) is 0 Å². The summed E-state index contributed by atoms with van der Waals surface area (Å²) in [5, 5.41) is 5.55. The van der Waals surface area contributed by atoms with E-state index in [4.69, 9.17) is 9.47 Å². The van der Waals surface area contributed by atoms with E-state index in [0.717, 1.165) is 30.6 Å². The molecule has 1 aliphatic heterocycles. The van der Waals surface area contributed by atoms with Crippen LogP contribution in [0.15, 0.2) is 35.5 Å².